The molecule has 0 amide bonds. The summed E-state index contributed by atoms with van der Waals surface area (Å²) in [6.45, 7) is 0. The van der Waals surface area contributed by atoms with Crippen molar-refractivity contribution in [3.8, 4) is 0 Å². The highest BCUT2D eigenvalue weighted by Crippen LogP contribution is 2.41. The molecule has 2 aliphatic rings. The van der Waals surface area contributed by atoms with Crippen LogP contribution >= 0.6 is 0 Å². The molecule has 3 heterocycles. The van der Waals surface area contributed by atoms with Gasteiger partial charge < -0.3 is 14.6 Å². The number of piperidine rings is 1. The Morgan fingerprint density at radius 1 is 1.33 bits per heavy atom. The maximum atomic E-state index is 11.0. The van der Waals surface area contributed by atoms with Gasteiger partial charge in [-0.15, -0.1) is 0 Å². The summed E-state index contributed by atoms with van der Waals surface area (Å²) in [6.07, 6.45) is 6.38. The Morgan fingerprint density at radius 3 is 2.44 bits per heavy atom. The summed E-state index contributed by atoms with van der Waals surface area (Å²) in [5.74, 6) is 0.418. The first-order valence-electron chi connectivity index (χ1n) is 6.54. The first kappa shape index (κ1) is 11.7. The van der Waals surface area contributed by atoms with Crippen molar-refractivity contribution in [3.63, 3.8) is 0 Å². The minimum absolute atomic E-state index is 0.166. The van der Waals surface area contributed by atoms with E-state index in [0.29, 0.717) is 18.0 Å². The number of hydrogen-bond acceptors (Lipinski definition) is 3. The molecule has 2 unspecified atom stereocenters. The third-order valence-corrected chi connectivity index (χ3v) is 4.59. The number of aryl methyl sites for hydroxylation is 1. The molecular formula is C13H19N3O2. The third-order valence-electron chi connectivity index (χ3n) is 4.59. The van der Waals surface area contributed by atoms with Crippen LogP contribution in [0, 0.1) is 0 Å². The zero-order chi connectivity index (χ0) is 12.9. The van der Waals surface area contributed by atoms with Crippen LogP contribution in [0.2, 0.25) is 0 Å². The summed E-state index contributed by atoms with van der Waals surface area (Å²) in [5, 5.41) is 9.00. The van der Waals surface area contributed by atoms with Gasteiger partial charge in [0.2, 0.25) is 0 Å². The van der Waals surface area contributed by atoms with Gasteiger partial charge in [0.1, 0.15) is 5.82 Å². The fourth-order valence-corrected chi connectivity index (χ4v) is 3.59. The van der Waals surface area contributed by atoms with Crippen LogP contribution in [-0.2, 0) is 7.05 Å². The highest BCUT2D eigenvalue weighted by Gasteiger charge is 2.40. The molecule has 3 rings (SSSR count). The van der Waals surface area contributed by atoms with E-state index in [4.69, 9.17) is 5.11 Å². The molecule has 5 nitrogen and oxygen atoms in total. The van der Waals surface area contributed by atoms with Crippen LogP contribution in [-0.4, -0.2) is 44.7 Å². The smallest absolute Gasteiger partial charge is 0.356 e. The summed E-state index contributed by atoms with van der Waals surface area (Å²) in [7, 11) is 4.11. The quantitative estimate of drug-likeness (QED) is 0.862. The van der Waals surface area contributed by atoms with Gasteiger partial charge in [0, 0.05) is 31.2 Å². The number of fused-ring (bicyclic) bond motifs is 2. The highest BCUT2D eigenvalue weighted by atomic mass is 16.4. The monoisotopic (exact) mass is 249 g/mol. The molecular weight excluding hydrogens is 230 g/mol. The van der Waals surface area contributed by atoms with Crippen LogP contribution in [0.25, 0.3) is 0 Å². The zero-order valence-corrected chi connectivity index (χ0v) is 10.8. The van der Waals surface area contributed by atoms with Gasteiger partial charge >= 0.3 is 5.97 Å². The summed E-state index contributed by atoms with van der Waals surface area (Å²) in [4.78, 5) is 17.7. The molecule has 18 heavy (non-hydrogen) atoms. The summed E-state index contributed by atoms with van der Waals surface area (Å²) < 4.78 is 1.89. The molecule has 0 aliphatic carbocycles. The van der Waals surface area contributed by atoms with Gasteiger partial charge in [0.05, 0.1) is 0 Å². The van der Waals surface area contributed by atoms with Gasteiger partial charge in [-0.25, -0.2) is 9.78 Å². The van der Waals surface area contributed by atoms with Crippen LogP contribution in [0.15, 0.2) is 6.20 Å². The molecule has 98 valence electrons. The van der Waals surface area contributed by atoms with Gasteiger partial charge in [-0.1, -0.05) is 0 Å². The third kappa shape index (κ3) is 1.73. The van der Waals surface area contributed by atoms with E-state index in [-0.39, 0.29) is 5.69 Å². The Labute approximate surface area is 106 Å². The first-order valence-corrected chi connectivity index (χ1v) is 6.54. The molecule has 1 aromatic heterocycles. The normalized spacial score (nSPS) is 31.8. The molecule has 2 saturated heterocycles. The van der Waals surface area contributed by atoms with Crippen molar-refractivity contribution in [1.29, 1.82) is 0 Å². The Balaban J connectivity index is 1.86. The van der Waals surface area contributed by atoms with Crippen LogP contribution in [0.4, 0.5) is 0 Å². The second kappa shape index (κ2) is 4.09. The summed E-state index contributed by atoms with van der Waals surface area (Å²) in [6, 6.07) is 1.30. The van der Waals surface area contributed by atoms with E-state index in [1.54, 1.807) is 6.20 Å². The zero-order valence-electron chi connectivity index (χ0n) is 10.8. The van der Waals surface area contributed by atoms with E-state index in [1.807, 2.05) is 11.6 Å². The molecule has 0 radical (unpaired) electrons. The van der Waals surface area contributed by atoms with Crippen molar-refractivity contribution in [2.75, 3.05) is 7.05 Å². The molecule has 0 saturated carbocycles. The number of carboxylic acid groups (broad SMARTS) is 1. The molecule has 2 atom stereocenters. The molecule has 2 aliphatic heterocycles. The predicted octanol–water partition coefficient (Wildman–Crippen LogP) is 1.46. The van der Waals surface area contributed by atoms with Crippen molar-refractivity contribution < 1.29 is 9.90 Å². The number of aromatic nitrogens is 2. The topological polar surface area (TPSA) is 58.4 Å². The van der Waals surface area contributed by atoms with Crippen molar-refractivity contribution in [1.82, 2.24) is 14.5 Å². The van der Waals surface area contributed by atoms with Crippen molar-refractivity contribution in [2.24, 2.45) is 7.05 Å². The number of nitrogens with zero attached hydrogens (tertiary/aromatic N) is 3. The number of carboxylic acids is 1. The van der Waals surface area contributed by atoms with Crippen LogP contribution in [0.5, 0.6) is 0 Å². The van der Waals surface area contributed by atoms with E-state index < -0.39 is 5.97 Å². The lowest BCUT2D eigenvalue weighted by molar-refractivity contribution is 0.0690. The van der Waals surface area contributed by atoms with Gasteiger partial charge in [-0.2, -0.15) is 0 Å². The van der Waals surface area contributed by atoms with Gasteiger partial charge in [0.25, 0.3) is 0 Å². The van der Waals surface area contributed by atoms with Crippen LogP contribution in [0.1, 0.15) is 47.9 Å². The fourth-order valence-electron chi connectivity index (χ4n) is 3.59. The molecule has 0 aromatic carbocycles. The van der Waals surface area contributed by atoms with Gasteiger partial charge in [-0.05, 0) is 32.7 Å². The Hall–Kier alpha value is -1.36. The number of hydrogen-bond donors (Lipinski definition) is 1. The minimum atomic E-state index is -0.937. The molecule has 2 fully saturated rings. The minimum Gasteiger partial charge on any atom is -0.476 e. The van der Waals surface area contributed by atoms with Gasteiger partial charge in [0.15, 0.2) is 5.69 Å². The lowest BCUT2D eigenvalue weighted by atomic mass is 9.90. The Morgan fingerprint density at radius 2 is 1.94 bits per heavy atom. The van der Waals surface area contributed by atoms with E-state index in [2.05, 4.69) is 16.9 Å². The average Bonchev–Trinajstić information content (AvgIpc) is 2.77. The largest absolute Gasteiger partial charge is 0.476 e. The van der Waals surface area contributed by atoms with Crippen molar-refractivity contribution in [2.45, 2.75) is 43.7 Å². The SMILES string of the molecule is CN1C2CCC1CC(c1nc(C(=O)O)cn1C)C2. The van der Waals surface area contributed by atoms with Crippen molar-refractivity contribution >= 4 is 5.97 Å². The van der Waals surface area contributed by atoms with Crippen LogP contribution < -0.4 is 0 Å². The lowest BCUT2D eigenvalue weighted by Gasteiger charge is -2.35. The summed E-state index contributed by atoms with van der Waals surface area (Å²) in [5.41, 5.74) is 0.166. The Kier molecular flexibility index (Phi) is 2.66. The first-order chi connectivity index (χ1) is 8.56. The number of aromatic carboxylic acids is 1. The average molecular weight is 249 g/mol. The molecule has 1 aromatic rings. The number of imidazole rings is 1. The number of rotatable bonds is 2. The molecule has 5 heteroatoms. The van der Waals surface area contributed by atoms with Crippen molar-refractivity contribution in [3.05, 3.63) is 17.7 Å². The second-order valence-corrected chi connectivity index (χ2v) is 5.62. The number of carbonyl (C=O) groups is 1. The molecule has 2 bridgehead atoms. The van der Waals surface area contributed by atoms with E-state index in [9.17, 15) is 4.79 Å². The fraction of sp³-hybridized carbons (Fsp3) is 0.692. The lowest BCUT2D eigenvalue weighted by Crippen LogP contribution is -2.39. The Bertz CT molecular complexity index is 469. The molecule has 0 spiro atoms. The van der Waals surface area contributed by atoms with Gasteiger partial charge in [-0.3, -0.25) is 0 Å². The highest BCUT2D eigenvalue weighted by molar-refractivity contribution is 5.85. The van der Waals surface area contributed by atoms with E-state index in [1.165, 1.54) is 12.8 Å². The summed E-state index contributed by atoms with van der Waals surface area (Å²) >= 11 is 0. The second-order valence-electron chi connectivity index (χ2n) is 5.62. The standard InChI is InChI=1S/C13H19N3O2/c1-15-7-11(13(17)18)14-12(15)8-5-9-3-4-10(6-8)16(9)2/h7-10H,3-6H2,1-2H3,(H,17,18). The maximum absolute atomic E-state index is 11.0. The van der Waals surface area contributed by atoms with Crippen LogP contribution in [0.3, 0.4) is 0 Å². The van der Waals surface area contributed by atoms with E-state index >= 15 is 0 Å². The maximum Gasteiger partial charge on any atom is 0.356 e. The predicted molar refractivity (Wildman–Crippen MR) is 66.7 cm³/mol. The molecule has 1 N–H and O–H groups in total. The van der Waals surface area contributed by atoms with E-state index in [0.717, 1.165) is 18.7 Å².